The summed E-state index contributed by atoms with van der Waals surface area (Å²) in [7, 11) is -3.60. The SMILES string of the molecule is CS(=O)(=O)N(Cc1ccccc1)c1ccccc1C(=O)NCc1ccc(N2CCCC2)cc1. The van der Waals surface area contributed by atoms with Crippen molar-refractivity contribution in [3.8, 4) is 0 Å². The highest BCUT2D eigenvalue weighted by Crippen LogP contribution is 2.25. The van der Waals surface area contributed by atoms with E-state index in [2.05, 4.69) is 22.3 Å². The number of hydrogen-bond acceptors (Lipinski definition) is 4. The third kappa shape index (κ3) is 5.73. The van der Waals surface area contributed by atoms with E-state index in [0.717, 1.165) is 30.5 Å². The summed E-state index contributed by atoms with van der Waals surface area (Å²) in [6.07, 6.45) is 3.62. The predicted octanol–water partition coefficient (Wildman–Crippen LogP) is 4.18. The van der Waals surface area contributed by atoms with Gasteiger partial charge < -0.3 is 10.2 Å². The van der Waals surface area contributed by atoms with Gasteiger partial charge in [0.05, 0.1) is 24.1 Å². The van der Waals surface area contributed by atoms with E-state index >= 15 is 0 Å². The topological polar surface area (TPSA) is 69.7 Å². The van der Waals surface area contributed by atoms with Crippen LogP contribution in [0, 0.1) is 0 Å². The van der Waals surface area contributed by atoms with Gasteiger partial charge in [-0.3, -0.25) is 9.10 Å². The van der Waals surface area contributed by atoms with Gasteiger partial charge >= 0.3 is 0 Å². The largest absolute Gasteiger partial charge is 0.372 e. The highest BCUT2D eigenvalue weighted by Gasteiger charge is 2.23. The molecule has 0 aliphatic carbocycles. The molecule has 33 heavy (non-hydrogen) atoms. The Labute approximate surface area is 195 Å². The molecule has 6 nitrogen and oxygen atoms in total. The predicted molar refractivity (Wildman–Crippen MR) is 133 cm³/mol. The number of rotatable bonds is 8. The first kappa shape index (κ1) is 22.9. The van der Waals surface area contributed by atoms with Crippen LogP contribution in [-0.2, 0) is 23.1 Å². The number of carbonyl (C=O) groups excluding carboxylic acids is 1. The molecule has 1 fully saturated rings. The summed E-state index contributed by atoms with van der Waals surface area (Å²) in [5.41, 5.74) is 3.74. The highest BCUT2D eigenvalue weighted by molar-refractivity contribution is 7.92. The smallest absolute Gasteiger partial charge is 0.253 e. The van der Waals surface area contributed by atoms with Crippen LogP contribution in [0.3, 0.4) is 0 Å². The van der Waals surface area contributed by atoms with Gasteiger partial charge in [-0.1, -0.05) is 54.6 Å². The van der Waals surface area contributed by atoms with Crippen molar-refractivity contribution >= 4 is 27.3 Å². The second-order valence-electron chi connectivity index (χ2n) is 8.32. The summed E-state index contributed by atoms with van der Waals surface area (Å²) < 4.78 is 26.5. The molecule has 1 aliphatic rings. The van der Waals surface area contributed by atoms with E-state index in [9.17, 15) is 13.2 Å². The number of benzene rings is 3. The lowest BCUT2D eigenvalue weighted by molar-refractivity contribution is 0.0951. The van der Waals surface area contributed by atoms with Crippen molar-refractivity contribution in [1.82, 2.24) is 5.32 Å². The zero-order valence-electron chi connectivity index (χ0n) is 18.8. The van der Waals surface area contributed by atoms with Crippen LogP contribution >= 0.6 is 0 Å². The third-order valence-corrected chi connectivity index (χ3v) is 6.97. The standard InChI is InChI=1S/C26H29N3O3S/c1-33(31,32)29(20-22-9-3-2-4-10-22)25-12-6-5-11-24(25)26(30)27-19-21-13-15-23(16-14-21)28-17-7-8-18-28/h2-6,9-16H,7-8,17-20H2,1H3,(H,27,30). The third-order valence-electron chi connectivity index (χ3n) is 5.85. The summed E-state index contributed by atoms with van der Waals surface area (Å²) in [4.78, 5) is 15.4. The second kappa shape index (κ2) is 10.1. The minimum absolute atomic E-state index is 0.155. The molecule has 1 saturated heterocycles. The Morgan fingerprint density at radius 3 is 2.18 bits per heavy atom. The molecule has 0 aromatic heterocycles. The molecule has 0 spiro atoms. The molecule has 0 bridgehead atoms. The minimum atomic E-state index is -3.60. The Balaban J connectivity index is 1.50. The van der Waals surface area contributed by atoms with Crippen LogP contribution in [0.15, 0.2) is 78.9 Å². The van der Waals surface area contributed by atoms with Gasteiger partial charge in [-0.25, -0.2) is 8.42 Å². The van der Waals surface area contributed by atoms with E-state index in [1.54, 1.807) is 24.3 Å². The van der Waals surface area contributed by atoms with E-state index in [1.165, 1.54) is 22.8 Å². The molecule has 1 N–H and O–H groups in total. The van der Waals surface area contributed by atoms with Gasteiger partial charge in [-0.2, -0.15) is 0 Å². The molecule has 0 radical (unpaired) electrons. The Kier molecular flexibility index (Phi) is 6.99. The molecule has 1 heterocycles. The monoisotopic (exact) mass is 463 g/mol. The zero-order valence-corrected chi connectivity index (χ0v) is 19.6. The summed E-state index contributed by atoms with van der Waals surface area (Å²) in [6, 6.07) is 24.4. The van der Waals surface area contributed by atoms with Crippen LogP contribution in [0.1, 0.15) is 34.3 Å². The molecular weight excluding hydrogens is 434 g/mol. The first-order chi connectivity index (χ1) is 15.9. The molecule has 1 aliphatic heterocycles. The molecule has 3 aromatic carbocycles. The Morgan fingerprint density at radius 2 is 1.52 bits per heavy atom. The van der Waals surface area contributed by atoms with Crippen molar-refractivity contribution in [3.63, 3.8) is 0 Å². The van der Waals surface area contributed by atoms with Crippen molar-refractivity contribution in [2.24, 2.45) is 0 Å². The van der Waals surface area contributed by atoms with E-state index in [0.29, 0.717) is 17.8 Å². The number of amides is 1. The van der Waals surface area contributed by atoms with Gasteiger partial charge in [0.25, 0.3) is 5.91 Å². The zero-order chi connectivity index (χ0) is 23.3. The summed E-state index contributed by atoms with van der Waals surface area (Å²) >= 11 is 0. The lowest BCUT2D eigenvalue weighted by Crippen LogP contribution is -2.32. The van der Waals surface area contributed by atoms with Crippen LogP contribution in [0.2, 0.25) is 0 Å². The molecule has 172 valence electrons. The van der Waals surface area contributed by atoms with Crippen LogP contribution in [0.25, 0.3) is 0 Å². The fraction of sp³-hybridized carbons (Fsp3) is 0.269. The average molecular weight is 464 g/mol. The Morgan fingerprint density at radius 1 is 0.879 bits per heavy atom. The molecular formula is C26H29N3O3S. The Hall–Kier alpha value is -3.32. The first-order valence-electron chi connectivity index (χ1n) is 11.1. The average Bonchev–Trinajstić information content (AvgIpc) is 3.36. The molecule has 0 saturated carbocycles. The maximum atomic E-state index is 13.1. The summed E-state index contributed by atoms with van der Waals surface area (Å²) in [5, 5.41) is 2.94. The molecule has 7 heteroatoms. The van der Waals surface area contributed by atoms with Crippen molar-refractivity contribution in [2.45, 2.75) is 25.9 Å². The van der Waals surface area contributed by atoms with Crippen molar-refractivity contribution in [1.29, 1.82) is 0 Å². The van der Waals surface area contributed by atoms with Crippen LogP contribution in [0.5, 0.6) is 0 Å². The normalized spacial score (nSPS) is 13.7. The summed E-state index contributed by atoms with van der Waals surface area (Å²) in [5.74, 6) is -0.309. The van der Waals surface area contributed by atoms with Crippen molar-refractivity contribution < 1.29 is 13.2 Å². The number of carbonyl (C=O) groups is 1. The lowest BCUT2D eigenvalue weighted by Gasteiger charge is -2.25. The first-order valence-corrected chi connectivity index (χ1v) is 13.0. The van der Waals surface area contributed by atoms with Gasteiger partial charge in [0.15, 0.2) is 0 Å². The Bertz CT molecular complexity index is 1190. The quantitative estimate of drug-likeness (QED) is 0.544. The van der Waals surface area contributed by atoms with E-state index in [1.807, 2.05) is 42.5 Å². The fourth-order valence-electron chi connectivity index (χ4n) is 4.09. The van der Waals surface area contributed by atoms with Crippen LogP contribution in [-0.4, -0.2) is 33.7 Å². The number of hydrogen-bond donors (Lipinski definition) is 1. The van der Waals surface area contributed by atoms with E-state index in [4.69, 9.17) is 0 Å². The highest BCUT2D eigenvalue weighted by atomic mass is 32.2. The van der Waals surface area contributed by atoms with Gasteiger partial charge in [0.2, 0.25) is 10.0 Å². The maximum absolute atomic E-state index is 13.1. The van der Waals surface area contributed by atoms with Gasteiger partial charge in [-0.15, -0.1) is 0 Å². The molecule has 1 amide bonds. The molecule has 4 rings (SSSR count). The van der Waals surface area contributed by atoms with Gasteiger partial charge in [0.1, 0.15) is 0 Å². The molecule has 0 unspecified atom stereocenters. The van der Waals surface area contributed by atoms with E-state index < -0.39 is 10.0 Å². The van der Waals surface area contributed by atoms with Gasteiger partial charge in [0, 0.05) is 25.3 Å². The van der Waals surface area contributed by atoms with E-state index in [-0.39, 0.29) is 12.5 Å². The maximum Gasteiger partial charge on any atom is 0.253 e. The van der Waals surface area contributed by atoms with Crippen LogP contribution in [0.4, 0.5) is 11.4 Å². The fourth-order valence-corrected chi connectivity index (χ4v) is 4.99. The van der Waals surface area contributed by atoms with Gasteiger partial charge in [-0.05, 0) is 48.2 Å². The second-order valence-corrected chi connectivity index (χ2v) is 10.2. The minimum Gasteiger partial charge on any atom is -0.372 e. The number of para-hydroxylation sites is 1. The number of anilines is 2. The van der Waals surface area contributed by atoms with Crippen molar-refractivity contribution in [3.05, 3.63) is 95.6 Å². The molecule has 0 atom stereocenters. The number of nitrogens with zero attached hydrogens (tertiary/aromatic N) is 2. The number of sulfonamides is 1. The lowest BCUT2D eigenvalue weighted by atomic mass is 10.1. The van der Waals surface area contributed by atoms with Crippen LogP contribution < -0.4 is 14.5 Å². The number of nitrogens with one attached hydrogen (secondary N) is 1. The molecule has 3 aromatic rings. The van der Waals surface area contributed by atoms with Crippen molar-refractivity contribution in [2.75, 3.05) is 28.6 Å². The summed E-state index contributed by atoms with van der Waals surface area (Å²) in [6.45, 7) is 2.70.